The van der Waals surface area contributed by atoms with Crippen molar-refractivity contribution in [2.45, 2.75) is 19.0 Å². The van der Waals surface area contributed by atoms with Crippen molar-refractivity contribution in [1.82, 2.24) is 15.1 Å². The van der Waals surface area contributed by atoms with Crippen molar-refractivity contribution in [3.05, 3.63) is 64.1 Å². The molecule has 1 aliphatic rings. The van der Waals surface area contributed by atoms with Gasteiger partial charge in [-0.2, -0.15) is 5.10 Å². The number of nitrogens with zero attached hydrogens (tertiary/aromatic N) is 2. The number of amides is 1. The predicted molar refractivity (Wildman–Crippen MR) is 99.5 cm³/mol. The monoisotopic (exact) mass is 405 g/mol. The van der Waals surface area contributed by atoms with Gasteiger partial charge in [0, 0.05) is 12.1 Å². The summed E-state index contributed by atoms with van der Waals surface area (Å²) in [5, 5.41) is 6.51. The Labute approximate surface area is 161 Å². The molecule has 1 N–H and O–H groups in total. The topological polar surface area (TPSA) is 124 Å². The fraction of sp³-hybridized carbons (Fsp3) is 0.333. The number of hydrogen-bond acceptors (Lipinski definition) is 7. The molecule has 9 nitrogen and oxygen atoms in total. The van der Waals surface area contributed by atoms with Gasteiger partial charge in [0.15, 0.2) is 22.1 Å². The molecular weight excluding hydrogens is 386 g/mol. The number of sulfone groups is 1. The number of carbonyl (C=O) groups excluding carboxylic acids is 2. The molecule has 28 heavy (non-hydrogen) atoms. The average Bonchev–Trinajstić information content (AvgIpc) is 3.00. The number of nitrogens with one attached hydrogen (secondary N) is 1. The van der Waals surface area contributed by atoms with Crippen molar-refractivity contribution in [1.29, 1.82) is 0 Å². The van der Waals surface area contributed by atoms with E-state index in [1.807, 2.05) is 30.3 Å². The Morgan fingerprint density at radius 2 is 1.93 bits per heavy atom. The van der Waals surface area contributed by atoms with Crippen LogP contribution in [0.1, 0.15) is 22.5 Å². The lowest BCUT2D eigenvalue weighted by atomic mass is 10.2. The lowest BCUT2D eigenvalue weighted by molar-refractivity contribution is -0.124. The smallest absolute Gasteiger partial charge is 0.359 e. The molecule has 0 spiro atoms. The van der Waals surface area contributed by atoms with Crippen LogP contribution < -0.4 is 10.9 Å². The summed E-state index contributed by atoms with van der Waals surface area (Å²) in [7, 11) is -3.11. The summed E-state index contributed by atoms with van der Waals surface area (Å²) in [6, 6.07) is 11.1. The van der Waals surface area contributed by atoms with Crippen LogP contribution in [0.3, 0.4) is 0 Å². The zero-order valence-corrected chi connectivity index (χ0v) is 15.7. The van der Waals surface area contributed by atoms with E-state index in [1.165, 1.54) is 12.1 Å². The highest BCUT2D eigenvalue weighted by Gasteiger charge is 2.29. The molecule has 1 amide bonds. The van der Waals surface area contributed by atoms with Crippen molar-refractivity contribution < 1.29 is 22.7 Å². The molecule has 0 bridgehead atoms. The van der Waals surface area contributed by atoms with Crippen LogP contribution in [0.25, 0.3) is 0 Å². The first-order chi connectivity index (χ1) is 13.3. The second-order valence-corrected chi connectivity index (χ2v) is 8.67. The predicted octanol–water partition coefficient (Wildman–Crippen LogP) is -0.248. The summed E-state index contributed by atoms with van der Waals surface area (Å²) in [5.74, 6) is -1.52. The van der Waals surface area contributed by atoms with Gasteiger partial charge in [0.1, 0.15) is 0 Å². The molecule has 0 saturated carbocycles. The third-order valence-electron chi connectivity index (χ3n) is 4.18. The Morgan fingerprint density at radius 3 is 2.61 bits per heavy atom. The summed E-state index contributed by atoms with van der Waals surface area (Å²) in [6.45, 7) is -0.369. The molecule has 0 aliphatic carbocycles. The lowest BCUT2D eigenvalue weighted by Gasteiger charge is -2.11. The van der Waals surface area contributed by atoms with Crippen molar-refractivity contribution in [3.63, 3.8) is 0 Å². The van der Waals surface area contributed by atoms with Gasteiger partial charge in [-0.15, -0.1) is 0 Å². The third-order valence-corrected chi connectivity index (χ3v) is 5.95. The van der Waals surface area contributed by atoms with Crippen LogP contribution in [0.5, 0.6) is 0 Å². The van der Waals surface area contributed by atoms with E-state index in [0.717, 1.165) is 10.2 Å². The summed E-state index contributed by atoms with van der Waals surface area (Å²) >= 11 is 0. The quantitative estimate of drug-likeness (QED) is 0.657. The van der Waals surface area contributed by atoms with E-state index in [1.54, 1.807) is 0 Å². The summed E-state index contributed by atoms with van der Waals surface area (Å²) in [6.07, 6.45) is 0.341. The van der Waals surface area contributed by atoms with E-state index in [9.17, 15) is 22.8 Å². The van der Waals surface area contributed by atoms with E-state index in [4.69, 9.17) is 4.74 Å². The largest absolute Gasteiger partial charge is 0.451 e. The minimum absolute atomic E-state index is 0.0324. The first-order valence-corrected chi connectivity index (χ1v) is 10.4. The van der Waals surface area contributed by atoms with Crippen LogP contribution in [0.15, 0.2) is 47.3 Å². The molecule has 2 aromatic rings. The molecular formula is C18H19N3O6S. The molecule has 1 aromatic carbocycles. The molecule has 1 atom stereocenters. The maximum Gasteiger partial charge on any atom is 0.359 e. The van der Waals surface area contributed by atoms with Crippen molar-refractivity contribution in [2.24, 2.45) is 0 Å². The molecule has 1 fully saturated rings. The van der Waals surface area contributed by atoms with Crippen molar-refractivity contribution in [2.75, 3.05) is 18.1 Å². The molecule has 1 aliphatic heterocycles. The second kappa shape index (κ2) is 8.34. The van der Waals surface area contributed by atoms with E-state index in [0.29, 0.717) is 6.42 Å². The average molecular weight is 405 g/mol. The fourth-order valence-electron chi connectivity index (χ4n) is 2.81. The van der Waals surface area contributed by atoms with Gasteiger partial charge >= 0.3 is 5.97 Å². The number of ether oxygens (including phenoxy) is 1. The third kappa shape index (κ3) is 5.26. The number of rotatable bonds is 6. The summed E-state index contributed by atoms with van der Waals surface area (Å²) < 4.78 is 28.8. The van der Waals surface area contributed by atoms with Gasteiger partial charge in [0.2, 0.25) is 0 Å². The van der Waals surface area contributed by atoms with Gasteiger partial charge in [-0.25, -0.2) is 17.9 Å². The van der Waals surface area contributed by atoms with Gasteiger partial charge in [0.25, 0.3) is 11.5 Å². The Kier molecular flexibility index (Phi) is 5.88. The van der Waals surface area contributed by atoms with Gasteiger partial charge in [-0.3, -0.25) is 9.59 Å². The Balaban J connectivity index is 1.57. The van der Waals surface area contributed by atoms with E-state index < -0.39 is 34.4 Å². The first-order valence-electron chi connectivity index (χ1n) is 8.61. The molecule has 1 unspecified atom stereocenters. The minimum Gasteiger partial charge on any atom is -0.451 e. The van der Waals surface area contributed by atoms with Crippen LogP contribution in [0, 0.1) is 0 Å². The SMILES string of the molecule is O=C(COC(=O)c1ccc(=O)n(Cc2ccccc2)n1)NC1CCS(=O)(=O)C1. The van der Waals surface area contributed by atoms with Crippen LogP contribution in [-0.2, 0) is 25.9 Å². The number of esters is 1. The van der Waals surface area contributed by atoms with Crippen molar-refractivity contribution >= 4 is 21.7 Å². The van der Waals surface area contributed by atoms with Crippen LogP contribution in [0.2, 0.25) is 0 Å². The zero-order chi connectivity index (χ0) is 20.1. The molecule has 10 heteroatoms. The standard InChI is InChI=1S/C18H19N3O6S/c22-16(19-14-8-9-28(25,26)12-14)11-27-18(24)15-6-7-17(23)21(20-15)10-13-4-2-1-3-5-13/h1-7,14H,8-12H2,(H,19,22). The molecule has 148 valence electrons. The van der Waals surface area contributed by atoms with E-state index in [-0.39, 0.29) is 29.3 Å². The Bertz CT molecular complexity index is 1030. The molecule has 1 saturated heterocycles. The lowest BCUT2D eigenvalue weighted by Crippen LogP contribution is -2.38. The fourth-order valence-corrected chi connectivity index (χ4v) is 4.48. The first kappa shape index (κ1) is 19.7. The number of hydrogen-bond donors (Lipinski definition) is 1. The van der Waals surface area contributed by atoms with Gasteiger partial charge < -0.3 is 10.1 Å². The summed E-state index contributed by atoms with van der Waals surface area (Å²) in [4.78, 5) is 35.9. The van der Waals surface area contributed by atoms with Crippen LogP contribution in [0.4, 0.5) is 0 Å². The van der Waals surface area contributed by atoms with E-state index in [2.05, 4.69) is 10.4 Å². The normalized spacial score (nSPS) is 17.8. The molecule has 0 radical (unpaired) electrons. The summed E-state index contributed by atoms with van der Waals surface area (Å²) in [5.41, 5.74) is 0.362. The highest BCUT2D eigenvalue weighted by molar-refractivity contribution is 7.91. The molecule has 3 rings (SSSR count). The number of benzene rings is 1. The number of carbonyl (C=O) groups is 2. The Hall–Kier alpha value is -3.01. The highest BCUT2D eigenvalue weighted by atomic mass is 32.2. The highest BCUT2D eigenvalue weighted by Crippen LogP contribution is 2.11. The van der Waals surface area contributed by atoms with Gasteiger partial charge in [-0.05, 0) is 18.1 Å². The van der Waals surface area contributed by atoms with Crippen molar-refractivity contribution in [3.8, 4) is 0 Å². The van der Waals surface area contributed by atoms with Gasteiger partial charge in [-0.1, -0.05) is 30.3 Å². The number of aromatic nitrogens is 2. The van der Waals surface area contributed by atoms with Gasteiger partial charge in [0.05, 0.1) is 18.1 Å². The maximum atomic E-state index is 12.1. The van der Waals surface area contributed by atoms with E-state index >= 15 is 0 Å². The Morgan fingerprint density at radius 1 is 1.18 bits per heavy atom. The molecule has 2 heterocycles. The maximum absolute atomic E-state index is 12.1. The zero-order valence-electron chi connectivity index (χ0n) is 14.9. The van der Waals surface area contributed by atoms with Crippen LogP contribution in [-0.4, -0.2) is 54.2 Å². The second-order valence-electron chi connectivity index (χ2n) is 6.44. The molecule has 1 aromatic heterocycles. The minimum atomic E-state index is -3.11. The van der Waals surface area contributed by atoms with Crippen LogP contribution >= 0.6 is 0 Å².